The number of piperidine rings is 1. The van der Waals surface area contributed by atoms with E-state index in [9.17, 15) is 5.11 Å². The van der Waals surface area contributed by atoms with Gasteiger partial charge in [-0.3, -0.25) is 4.90 Å². The van der Waals surface area contributed by atoms with Crippen molar-refractivity contribution in [3.05, 3.63) is 18.1 Å². The molecule has 0 bridgehead atoms. The summed E-state index contributed by atoms with van der Waals surface area (Å²) < 4.78 is 0. The Morgan fingerprint density at radius 2 is 2.35 bits per heavy atom. The van der Waals surface area contributed by atoms with Crippen LogP contribution < -0.4 is 5.73 Å². The minimum absolute atomic E-state index is 0.201. The summed E-state index contributed by atoms with van der Waals surface area (Å²) in [6.07, 6.45) is 5.07. The Balaban J connectivity index is 2.09. The summed E-state index contributed by atoms with van der Waals surface area (Å²) in [7, 11) is 0. The average molecular weight is 236 g/mol. The lowest BCUT2D eigenvalue weighted by Crippen LogP contribution is -2.46. The summed E-state index contributed by atoms with van der Waals surface area (Å²) in [5, 5.41) is 9.40. The number of aliphatic hydroxyl groups excluding tert-OH is 1. The lowest BCUT2D eigenvalue weighted by molar-refractivity contribution is 0.0431. The van der Waals surface area contributed by atoms with Gasteiger partial charge in [-0.1, -0.05) is 6.42 Å². The average Bonchev–Trinajstić information content (AvgIpc) is 2.32. The van der Waals surface area contributed by atoms with Gasteiger partial charge in [-0.05, 0) is 25.8 Å². The molecule has 5 nitrogen and oxygen atoms in total. The van der Waals surface area contributed by atoms with Gasteiger partial charge in [-0.2, -0.15) is 0 Å². The van der Waals surface area contributed by atoms with Gasteiger partial charge in [0.05, 0.1) is 13.2 Å². The fraction of sp³-hybridized carbons (Fsp3) is 0.667. The highest BCUT2D eigenvalue weighted by molar-refractivity contribution is 5.25. The zero-order chi connectivity index (χ0) is 12.3. The van der Waals surface area contributed by atoms with E-state index in [1.54, 1.807) is 12.3 Å². The molecule has 0 spiro atoms. The molecule has 3 N–H and O–H groups in total. The van der Waals surface area contributed by atoms with E-state index in [1.165, 1.54) is 12.8 Å². The maximum absolute atomic E-state index is 9.40. The van der Waals surface area contributed by atoms with E-state index >= 15 is 0 Å². The molecule has 1 aliphatic rings. The van der Waals surface area contributed by atoms with Crippen LogP contribution in [0.4, 0.5) is 5.82 Å². The van der Waals surface area contributed by atoms with Gasteiger partial charge in [0, 0.05) is 18.3 Å². The first-order chi connectivity index (χ1) is 8.20. The molecule has 94 valence electrons. The molecule has 2 heterocycles. The number of likely N-dealkylation sites (tertiary alicyclic amines) is 1. The molecule has 2 atom stereocenters. The molecular weight excluding hydrogens is 216 g/mol. The molecular formula is C12H20N4O. The third-order valence-electron chi connectivity index (χ3n) is 3.46. The van der Waals surface area contributed by atoms with Crippen LogP contribution >= 0.6 is 0 Å². The summed E-state index contributed by atoms with van der Waals surface area (Å²) in [5.74, 6) is 1.23. The predicted octanol–water partition coefficient (Wildman–Crippen LogP) is 0.794. The van der Waals surface area contributed by atoms with Crippen LogP contribution in [0, 0.1) is 0 Å². The van der Waals surface area contributed by atoms with Gasteiger partial charge >= 0.3 is 0 Å². The number of hydrogen-bond donors (Lipinski definition) is 2. The molecule has 1 aliphatic heterocycles. The summed E-state index contributed by atoms with van der Waals surface area (Å²) >= 11 is 0. The Morgan fingerprint density at radius 1 is 1.53 bits per heavy atom. The number of nitrogens with zero attached hydrogens (tertiary/aromatic N) is 3. The molecule has 1 saturated heterocycles. The fourth-order valence-electron chi connectivity index (χ4n) is 2.48. The molecule has 5 heteroatoms. The van der Waals surface area contributed by atoms with Crippen LogP contribution in [0.3, 0.4) is 0 Å². The predicted molar refractivity (Wildman–Crippen MR) is 66.2 cm³/mol. The van der Waals surface area contributed by atoms with Gasteiger partial charge in [0.25, 0.3) is 0 Å². The largest absolute Gasteiger partial charge is 0.395 e. The third-order valence-corrected chi connectivity index (χ3v) is 3.46. The van der Waals surface area contributed by atoms with E-state index in [0.717, 1.165) is 12.2 Å². The SMILES string of the molecule is C[C@@H]1CCC[C@H](CO)N1Cc1nccc(N)n1. The molecule has 0 amide bonds. The van der Waals surface area contributed by atoms with E-state index < -0.39 is 0 Å². The van der Waals surface area contributed by atoms with Crippen molar-refractivity contribution in [2.24, 2.45) is 0 Å². The first kappa shape index (κ1) is 12.3. The third kappa shape index (κ3) is 2.92. The van der Waals surface area contributed by atoms with Crippen molar-refractivity contribution in [2.75, 3.05) is 12.3 Å². The van der Waals surface area contributed by atoms with Crippen LogP contribution in [0.1, 0.15) is 32.0 Å². The standard InChI is InChI=1S/C12H20N4O/c1-9-3-2-4-10(8-17)16(9)7-12-14-6-5-11(13)15-12/h5-6,9-10,17H,2-4,7-8H2,1H3,(H2,13,14,15)/t9-,10-/m1/s1. The van der Waals surface area contributed by atoms with E-state index in [2.05, 4.69) is 21.8 Å². The number of aromatic nitrogens is 2. The maximum Gasteiger partial charge on any atom is 0.144 e. The van der Waals surface area contributed by atoms with E-state index in [0.29, 0.717) is 18.4 Å². The van der Waals surface area contributed by atoms with Crippen LogP contribution in [0.15, 0.2) is 12.3 Å². The van der Waals surface area contributed by atoms with Crippen LogP contribution in [0.25, 0.3) is 0 Å². The molecule has 0 radical (unpaired) electrons. The van der Waals surface area contributed by atoms with Crippen molar-refractivity contribution in [1.29, 1.82) is 0 Å². The first-order valence-electron chi connectivity index (χ1n) is 6.14. The van der Waals surface area contributed by atoms with Crippen molar-refractivity contribution < 1.29 is 5.11 Å². The second-order valence-electron chi connectivity index (χ2n) is 4.69. The minimum atomic E-state index is 0.201. The van der Waals surface area contributed by atoms with Crippen molar-refractivity contribution in [1.82, 2.24) is 14.9 Å². The smallest absolute Gasteiger partial charge is 0.144 e. The molecule has 1 aromatic heterocycles. The minimum Gasteiger partial charge on any atom is -0.395 e. The number of rotatable bonds is 3. The topological polar surface area (TPSA) is 75.3 Å². The summed E-state index contributed by atoms with van der Waals surface area (Å²) in [4.78, 5) is 10.7. The second-order valence-corrected chi connectivity index (χ2v) is 4.69. The number of anilines is 1. The van der Waals surface area contributed by atoms with Crippen LogP contribution in [0.2, 0.25) is 0 Å². The fourth-order valence-corrected chi connectivity index (χ4v) is 2.48. The number of aliphatic hydroxyl groups is 1. The van der Waals surface area contributed by atoms with Crippen LogP contribution in [0.5, 0.6) is 0 Å². The van der Waals surface area contributed by atoms with E-state index in [1.807, 2.05) is 0 Å². The molecule has 2 rings (SSSR count). The molecule has 0 saturated carbocycles. The Hall–Kier alpha value is -1.20. The maximum atomic E-state index is 9.40. The molecule has 0 aromatic carbocycles. The monoisotopic (exact) mass is 236 g/mol. The highest BCUT2D eigenvalue weighted by atomic mass is 16.3. The van der Waals surface area contributed by atoms with Gasteiger partial charge in [0.15, 0.2) is 0 Å². The first-order valence-corrected chi connectivity index (χ1v) is 6.14. The van der Waals surface area contributed by atoms with Crippen molar-refractivity contribution in [3.8, 4) is 0 Å². The summed E-state index contributed by atoms with van der Waals surface area (Å²) in [6.45, 7) is 3.05. The van der Waals surface area contributed by atoms with Gasteiger partial charge in [0.2, 0.25) is 0 Å². The van der Waals surface area contributed by atoms with Crippen molar-refractivity contribution >= 4 is 5.82 Å². The highest BCUT2D eigenvalue weighted by Gasteiger charge is 2.27. The lowest BCUT2D eigenvalue weighted by atomic mass is 9.97. The van der Waals surface area contributed by atoms with Crippen molar-refractivity contribution in [2.45, 2.75) is 44.8 Å². The number of hydrogen-bond acceptors (Lipinski definition) is 5. The molecule has 1 aromatic rings. The Bertz CT molecular complexity index is 371. The second kappa shape index (κ2) is 5.42. The highest BCUT2D eigenvalue weighted by Crippen LogP contribution is 2.23. The van der Waals surface area contributed by atoms with Crippen molar-refractivity contribution in [3.63, 3.8) is 0 Å². The van der Waals surface area contributed by atoms with E-state index in [4.69, 9.17) is 5.73 Å². The Morgan fingerprint density at radius 3 is 3.06 bits per heavy atom. The molecule has 0 aliphatic carbocycles. The lowest BCUT2D eigenvalue weighted by Gasteiger charge is -2.39. The Labute approximate surface area is 102 Å². The zero-order valence-corrected chi connectivity index (χ0v) is 10.2. The molecule has 1 fully saturated rings. The number of nitrogens with two attached hydrogens (primary N) is 1. The molecule has 0 unspecified atom stereocenters. The normalized spacial score (nSPS) is 26.0. The van der Waals surface area contributed by atoms with Gasteiger partial charge in [0.1, 0.15) is 11.6 Å². The summed E-state index contributed by atoms with van der Waals surface area (Å²) in [6, 6.07) is 2.38. The van der Waals surface area contributed by atoms with Gasteiger partial charge < -0.3 is 10.8 Å². The van der Waals surface area contributed by atoms with Gasteiger partial charge in [-0.25, -0.2) is 9.97 Å². The van der Waals surface area contributed by atoms with Gasteiger partial charge in [-0.15, -0.1) is 0 Å². The van der Waals surface area contributed by atoms with E-state index in [-0.39, 0.29) is 12.6 Å². The van der Waals surface area contributed by atoms with Crippen LogP contribution in [-0.2, 0) is 6.54 Å². The number of nitrogen functional groups attached to an aromatic ring is 1. The Kier molecular flexibility index (Phi) is 3.91. The molecule has 17 heavy (non-hydrogen) atoms. The summed E-state index contributed by atoms with van der Waals surface area (Å²) in [5.41, 5.74) is 5.65. The zero-order valence-electron chi connectivity index (χ0n) is 10.2. The quantitative estimate of drug-likeness (QED) is 0.811. The van der Waals surface area contributed by atoms with Crippen LogP contribution in [-0.4, -0.2) is 38.7 Å².